The van der Waals surface area contributed by atoms with E-state index in [0.29, 0.717) is 28.4 Å². The van der Waals surface area contributed by atoms with E-state index in [-0.39, 0.29) is 11.9 Å². The van der Waals surface area contributed by atoms with Crippen LogP contribution in [0.15, 0.2) is 42.7 Å². The first kappa shape index (κ1) is 23.4. The van der Waals surface area contributed by atoms with Crippen molar-refractivity contribution < 1.29 is 4.39 Å². The van der Waals surface area contributed by atoms with E-state index in [1.165, 1.54) is 6.07 Å². The lowest BCUT2D eigenvalue weighted by Gasteiger charge is -2.33. The van der Waals surface area contributed by atoms with Crippen molar-refractivity contribution in [2.75, 3.05) is 43.4 Å². The minimum absolute atomic E-state index is 0.149. The molecule has 37 heavy (non-hydrogen) atoms. The molecule has 10 heteroatoms. The van der Waals surface area contributed by atoms with Crippen LogP contribution in [0, 0.1) is 12.7 Å². The van der Waals surface area contributed by atoms with Crippen LogP contribution >= 0.6 is 0 Å². The van der Waals surface area contributed by atoms with Crippen molar-refractivity contribution in [2.45, 2.75) is 26.8 Å². The van der Waals surface area contributed by atoms with Gasteiger partial charge in [-0.1, -0.05) is 0 Å². The first-order chi connectivity index (χ1) is 17.9. The Labute approximate surface area is 214 Å². The molecule has 5 heterocycles. The SMILES string of the molecule is Cc1nc2c(F)cc(-c3nc(Nc4ccc(N5CCN(C)CC5)nc4)nc4[nH]ccc34)cc2n1C(C)C. The molecule has 1 aliphatic heterocycles. The summed E-state index contributed by atoms with van der Waals surface area (Å²) in [5, 5.41) is 4.10. The predicted molar refractivity (Wildman–Crippen MR) is 145 cm³/mol. The zero-order valence-electron chi connectivity index (χ0n) is 21.5. The Morgan fingerprint density at radius 2 is 1.84 bits per heavy atom. The Kier molecular flexibility index (Phi) is 5.75. The number of piperazine rings is 1. The van der Waals surface area contributed by atoms with Gasteiger partial charge in [-0.2, -0.15) is 4.98 Å². The largest absolute Gasteiger partial charge is 0.354 e. The van der Waals surface area contributed by atoms with Gasteiger partial charge in [0.15, 0.2) is 5.82 Å². The lowest BCUT2D eigenvalue weighted by atomic mass is 10.1. The number of likely N-dealkylation sites (N-methyl/N-ethyl adjacent to an activating group) is 1. The summed E-state index contributed by atoms with van der Waals surface area (Å²) in [5.41, 5.74) is 3.90. The highest BCUT2D eigenvalue weighted by atomic mass is 19.1. The van der Waals surface area contributed by atoms with Gasteiger partial charge in [-0.05, 0) is 58.2 Å². The molecule has 0 saturated carbocycles. The van der Waals surface area contributed by atoms with Crippen molar-refractivity contribution in [3.05, 3.63) is 54.4 Å². The van der Waals surface area contributed by atoms with Gasteiger partial charge in [0, 0.05) is 49.4 Å². The molecule has 0 aliphatic carbocycles. The predicted octanol–water partition coefficient (Wildman–Crippen LogP) is 4.89. The molecule has 0 atom stereocenters. The maximum absolute atomic E-state index is 15.2. The second-order valence-electron chi connectivity index (χ2n) is 9.90. The molecular weight excluding hydrogens is 469 g/mol. The fourth-order valence-electron chi connectivity index (χ4n) is 5.09. The molecule has 1 aliphatic rings. The van der Waals surface area contributed by atoms with E-state index in [0.717, 1.165) is 54.4 Å². The number of H-pyrrole nitrogens is 1. The molecule has 0 bridgehead atoms. The van der Waals surface area contributed by atoms with Crippen LogP contribution in [0.4, 0.5) is 21.8 Å². The van der Waals surface area contributed by atoms with Crippen LogP contribution in [0.2, 0.25) is 0 Å². The van der Waals surface area contributed by atoms with E-state index in [1.54, 1.807) is 6.20 Å². The smallest absolute Gasteiger partial charge is 0.229 e. The number of halogens is 1. The van der Waals surface area contributed by atoms with Crippen LogP contribution in [-0.2, 0) is 0 Å². The van der Waals surface area contributed by atoms with E-state index in [4.69, 9.17) is 4.98 Å². The summed E-state index contributed by atoms with van der Waals surface area (Å²) in [6.07, 6.45) is 3.61. The molecule has 6 rings (SSSR count). The molecule has 1 aromatic carbocycles. The number of imidazole rings is 1. The normalized spacial score (nSPS) is 14.8. The fraction of sp³-hybridized carbons (Fsp3) is 0.333. The van der Waals surface area contributed by atoms with Crippen molar-refractivity contribution in [3.63, 3.8) is 0 Å². The number of hydrogen-bond donors (Lipinski definition) is 2. The standard InChI is InChI=1S/C27H30FN9/c1-16(2)37-17(3)31-25-21(28)13-18(14-22(25)37)24-20-7-8-29-26(20)34-27(33-24)32-19-5-6-23(30-15-19)36-11-9-35(4)10-12-36/h5-8,13-16H,9-12H2,1-4H3,(H2,29,32,33,34). The number of nitrogens with one attached hydrogen (secondary N) is 2. The van der Waals surface area contributed by atoms with Gasteiger partial charge >= 0.3 is 0 Å². The molecule has 0 radical (unpaired) electrons. The van der Waals surface area contributed by atoms with E-state index in [1.807, 2.05) is 42.0 Å². The van der Waals surface area contributed by atoms with Gasteiger partial charge in [-0.3, -0.25) is 0 Å². The number of fused-ring (bicyclic) bond motifs is 2. The molecule has 9 nitrogen and oxygen atoms in total. The first-order valence-electron chi connectivity index (χ1n) is 12.6. The number of aromatic nitrogens is 6. The quantitative estimate of drug-likeness (QED) is 0.356. The highest BCUT2D eigenvalue weighted by Crippen LogP contribution is 2.33. The molecule has 0 spiro atoms. The van der Waals surface area contributed by atoms with E-state index in [9.17, 15) is 0 Å². The van der Waals surface area contributed by atoms with Crippen molar-refractivity contribution in [2.24, 2.45) is 0 Å². The number of nitrogens with zero attached hydrogens (tertiary/aromatic N) is 7. The Hall–Kier alpha value is -4.05. The Balaban J connectivity index is 1.36. The minimum atomic E-state index is -0.365. The van der Waals surface area contributed by atoms with E-state index < -0.39 is 0 Å². The summed E-state index contributed by atoms with van der Waals surface area (Å²) in [6.45, 7) is 10.0. The van der Waals surface area contributed by atoms with Crippen molar-refractivity contribution in [1.29, 1.82) is 0 Å². The molecule has 0 amide bonds. The second-order valence-corrected chi connectivity index (χ2v) is 9.90. The molecule has 4 aromatic heterocycles. The molecule has 190 valence electrons. The van der Waals surface area contributed by atoms with Crippen LogP contribution in [-0.4, -0.2) is 67.6 Å². The summed E-state index contributed by atoms with van der Waals surface area (Å²) in [6, 6.07) is 9.52. The van der Waals surface area contributed by atoms with Crippen molar-refractivity contribution in [1.82, 2.24) is 34.4 Å². The number of aromatic amines is 1. The summed E-state index contributed by atoms with van der Waals surface area (Å²) < 4.78 is 17.3. The highest BCUT2D eigenvalue weighted by Gasteiger charge is 2.19. The van der Waals surface area contributed by atoms with Gasteiger partial charge < -0.3 is 24.7 Å². The second kappa shape index (κ2) is 9.11. The number of hydrogen-bond acceptors (Lipinski definition) is 7. The topological polar surface area (TPSA) is 90.8 Å². The Morgan fingerprint density at radius 1 is 1.03 bits per heavy atom. The Bertz CT molecular complexity index is 1580. The van der Waals surface area contributed by atoms with Crippen LogP contribution in [0.25, 0.3) is 33.3 Å². The average molecular weight is 500 g/mol. The molecule has 0 unspecified atom stereocenters. The van der Waals surface area contributed by atoms with Crippen molar-refractivity contribution in [3.8, 4) is 11.3 Å². The number of rotatable bonds is 5. The molecule has 1 fully saturated rings. The van der Waals surface area contributed by atoms with Gasteiger partial charge in [0.2, 0.25) is 5.95 Å². The molecule has 1 saturated heterocycles. The zero-order valence-corrected chi connectivity index (χ0v) is 21.5. The summed E-state index contributed by atoms with van der Waals surface area (Å²) >= 11 is 0. The maximum atomic E-state index is 15.2. The number of pyridine rings is 1. The van der Waals surface area contributed by atoms with Gasteiger partial charge in [-0.15, -0.1) is 0 Å². The number of anilines is 3. The van der Waals surface area contributed by atoms with Gasteiger partial charge in [-0.25, -0.2) is 19.3 Å². The maximum Gasteiger partial charge on any atom is 0.229 e. The summed E-state index contributed by atoms with van der Waals surface area (Å²) in [7, 11) is 2.14. The minimum Gasteiger partial charge on any atom is -0.354 e. The van der Waals surface area contributed by atoms with Crippen molar-refractivity contribution >= 4 is 39.5 Å². The monoisotopic (exact) mass is 499 g/mol. The van der Waals surface area contributed by atoms with Crippen LogP contribution in [0.5, 0.6) is 0 Å². The van der Waals surface area contributed by atoms with Gasteiger partial charge in [0.25, 0.3) is 0 Å². The van der Waals surface area contributed by atoms with E-state index in [2.05, 4.69) is 55.9 Å². The lowest BCUT2D eigenvalue weighted by molar-refractivity contribution is 0.312. The zero-order chi connectivity index (χ0) is 25.7. The van der Waals surface area contributed by atoms with Crippen LogP contribution in [0.3, 0.4) is 0 Å². The molecule has 2 N–H and O–H groups in total. The molecule has 5 aromatic rings. The van der Waals surface area contributed by atoms with Crippen LogP contribution in [0.1, 0.15) is 25.7 Å². The third-order valence-electron chi connectivity index (χ3n) is 6.96. The number of aryl methyl sites for hydroxylation is 1. The fourth-order valence-corrected chi connectivity index (χ4v) is 5.09. The van der Waals surface area contributed by atoms with Crippen LogP contribution < -0.4 is 10.2 Å². The van der Waals surface area contributed by atoms with Gasteiger partial charge in [0.05, 0.1) is 23.1 Å². The summed E-state index contributed by atoms with van der Waals surface area (Å²) in [4.78, 5) is 26.3. The first-order valence-corrected chi connectivity index (χ1v) is 12.6. The van der Waals surface area contributed by atoms with Gasteiger partial charge in [0.1, 0.15) is 22.8 Å². The average Bonchev–Trinajstić information content (AvgIpc) is 3.48. The third kappa shape index (κ3) is 4.27. The number of benzene rings is 1. The highest BCUT2D eigenvalue weighted by molar-refractivity contribution is 5.94. The summed E-state index contributed by atoms with van der Waals surface area (Å²) in [5.74, 6) is 1.79. The molecular formula is C27H30FN9. The lowest BCUT2D eigenvalue weighted by Crippen LogP contribution is -2.44. The van der Waals surface area contributed by atoms with E-state index >= 15 is 4.39 Å². The third-order valence-corrected chi connectivity index (χ3v) is 6.96. The Morgan fingerprint density at radius 3 is 2.57 bits per heavy atom.